The van der Waals surface area contributed by atoms with Crippen molar-refractivity contribution in [2.24, 2.45) is 5.41 Å². The Bertz CT molecular complexity index is 1020. The summed E-state index contributed by atoms with van der Waals surface area (Å²) < 4.78 is 58.5. The third-order valence-electron chi connectivity index (χ3n) is 5.58. The summed E-state index contributed by atoms with van der Waals surface area (Å²) in [6.07, 6.45) is 1.25. The zero-order valence-corrected chi connectivity index (χ0v) is 19.1. The van der Waals surface area contributed by atoms with Gasteiger partial charge in [0.2, 0.25) is 15.9 Å². The lowest BCUT2D eigenvalue weighted by molar-refractivity contribution is -0.142. The number of hydrogen-bond acceptors (Lipinski definition) is 4. The zero-order valence-electron chi connectivity index (χ0n) is 18.3. The fraction of sp³-hybridized carbons (Fsp3) is 0.435. The first-order valence-corrected chi connectivity index (χ1v) is 12.0. The Balaban J connectivity index is 1.49. The van der Waals surface area contributed by atoms with E-state index in [9.17, 15) is 22.0 Å². The number of rotatable bonds is 8. The Kier molecular flexibility index (Phi) is 7.51. The van der Waals surface area contributed by atoms with E-state index in [0.29, 0.717) is 38.3 Å². The van der Waals surface area contributed by atoms with Gasteiger partial charge in [-0.15, -0.1) is 0 Å². The molecular formula is C23H28F2N2O4S. The van der Waals surface area contributed by atoms with Crippen molar-refractivity contribution in [1.82, 2.24) is 9.21 Å². The van der Waals surface area contributed by atoms with E-state index in [4.69, 9.17) is 4.74 Å². The van der Waals surface area contributed by atoms with E-state index in [1.165, 1.54) is 28.6 Å². The molecule has 0 unspecified atom stereocenters. The second-order valence-corrected chi connectivity index (χ2v) is 10.4. The average Bonchev–Trinajstić information content (AvgIpc) is 2.78. The van der Waals surface area contributed by atoms with E-state index >= 15 is 0 Å². The lowest BCUT2D eigenvalue weighted by atomic mass is 9.86. The summed E-state index contributed by atoms with van der Waals surface area (Å²) in [5.74, 6) is -0.272. The standard InChI is InChI=1S/C23H28F2N2O4S/c1-23(2,12-3-17-31-20-8-4-18(24)5-9-20)22(28)26-13-15-27(16-14-26)32(29,30)21-10-6-19(25)7-11-21/h4-11H,3,12-17H2,1-2H3. The molecule has 3 rings (SSSR count). The summed E-state index contributed by atoms with van der Waals surface area (Å²) in [6.45, 7) is 5.13. The minimum atomic E-state index is -3.72. The molecule has 0 spiro atoms. The van der Waals surface area contributed by atoms with Gasteiger partial charge in [-0.3, -0.25) is 4.79 Å². The third kappa shape index (κ3) is 5.83. The molecule has 0 bridgehead atoms. The maximum absolute atomic E-state index is 13.1. The van der Waals surface area contributed by atoms with Crippen LogP contribution >= 0.6 is 0 Å². The summed E-state index contributed by atoms with van der Waals surface area (Å²) in [5, 5.41) is 0. The van der Waals surface area contributed by atoms with Crippen molar-refractivity contribution in [3.8, 4) is 5.75 Å². The molecule has 0 atom stereocenters. The number of carbonyl (C=O) groups is 1. The van der Waals surface area contributed by atoms with Gasteiger partial charge in [0.15, 0.2) is 0 Å². The van der Waals surface area contributed by atoms with Crippen molar-refractivity contribution in [3.63, 3.8) is 0 Å². The Morgan fingerprint density at radius 2 is 1.47 bits per heavy atom. The average molecular weight is 467 g/mol. The highest BCUT2D eigenvalue weighted by molar-refractivity contribution is 7.89. The van der Waals surface area contributed by atoms with Crippen LogP contribution in [-0.4, -0.2) is 56.3 Å². The number of piperazine rings is 1. The fourth-order valence-electron chi connectivity index (χ4n) is 3.66. The SMILES string of the molecule is CC(C)(CCCOc1ccc(F)cc1)C(=O)N1CCN(S(=O)(=O)c2ccc(F)cc2)CC1. The summed E-state index contributed by atoms with van der Waals surface area (Å²) in [4.78, 5) is 14.8. The molecule has 1 amide bonds. The highest BCUT2D eigenvalue weighted by Gasteiger charge is 2.35. The van der Waals surface area contributed by atoms with Crippen LogP contribution in [0.3, 0.4) is 0 Å². The molecule has 1 heterocycles. The molecule has 174 valence electrons. The molecule has 32 heavy (non-hydrogen) atoms. The summed E-state index contributed by atoms with van der Waals surface area (Å²) >= 11 is 0. The fourth-order valence-corrected chi connectivity index (χ4v) is 5.08. The topological polar surface area (TPSA) is 66.9 Å². The summed E-state index contributed by atoms with van der Waals surface area (Å²) in [6, 6.07) is 10.5. The monoisotopic (exact) mass is 466 g/mol. The molecule has 2 aromatic carbocycles. The van der Waals surface area contributed by atoms with Gasteiger partial charge >= 0.3 is 0 Å². The maximum atomic E-state index is 13.1. The molecule has 0 radical (unpaired) electrons. The molecule has 0 saturated carbocycles. The van der Waals surface area contributed by atoms with Gasteiger partial charge in [-0.05, 0) is 61.4 Å². The molecular weight excluding hydrogens is 438 g/mol. The van der Waals surface area contributed by atoms with Gasteiger partial charge in [-0.25, -0.2) is 17.2 Å². The number of hydrogen-bond donors (Lipinski definition) is 0. The van der Waals surface area contributed by atoms with Crippen LogP contribution in [-0.2, 0) is 14.8 Å². The minimum Gasteiger partial charge on any atom is -0.494 e. The summed E-state index contributed by atoms with van der Waals surface area (Å²) in [5.41, 5.74) is -0.621. The highest BCUT2D eigenvalue weighted by Crippen LogP contribution is 2.27. The second kappa shape index (κ2) is 9.95. The van der Waals surface area contributed by atoms with Gasteiger partial charge in [0.25, 0.3) is 0 Å². The third-order valence-corrected chi connectivity index (χ3v) is 7.50. The highest BCUT2D eigenvalue weighted by atomic mass is 32.2. The first kappa shape index (κ1) is 24.1. The number of nitrogens with zero attached hydrogens (tertiary/aromatic N) is 2. The van der Waals surface area contributed by atoms with Gasteiger partial charge < -0.3 is 9.64 Å². The lowest BCUT2D eigenvalue weighted by Gasteiger charge is -2.38. The molecule has 1 saturated heterocycles. The Morgan fingerprint density at radius 3 is 2.03 bits per heavy atom. The van der Waals surface area contributed by atoms with Crippen LogP contribution in [0.15, 0.2) is 53.4 Å². The summed E-state index contributed by atoms with van der Waals surface area (Å²) in [7, 11) is -3.72. The predicted molar refractivity (Wildman–Crippen MR) is 117 cm³/mol. The van der Waals surface area contributed by atoms with Crippen LogP contribution in [0.25, 0.3) is 0 Å². The number of halogens is 2. The predicted octanol–water partition coefficient (Wildman–Crippen LogP) is 3.68. The Labute approximate surface area is 187 Å². The molecule has 1 aliphatic heterocycles. The van der Waals surface area contributed by atoms with Gasteiger partial charge in [0, 0.05) is 31.6 Å². The molecule has 0 N–H and O–H groups in total. The molecule has 1 aliphatic rings. The van der Waals surface area contributed by atoms with Gasteiger partial charge in [-0.1, -0.05) is 13.8 Å². The molecule has 6 nitrogen and oxygen atoms in total. The number of ether oxygens (including phenoxy) is 1. The molecule has 1 fully saturated rings. The largest absolute Gasteiger partial charge is 0.494 e. The van der Waals surface area contributed by atoms with E-state index in [0.717, 1.165) is 12.1 Å². The second-order valence-electron chi connectivity index (χ2n) is 8.44. The van der Waals surface area contributed by atoms with E-state index in [-0.39, 0.29) is 29.7 Å². The van der Waals surface area contributed by atoms with E-state index in [1.807, 2.05) is 13.8 Å². The van der Waals surface area contributed by atoms with Crippen LogP contribution in [0.1, 0.15) is 26.7 Å². The van der Waals surface area contributed by atoms with Crippen LogP contribution in [0.2, 0.25) is 0 Å². The van der Waals surface area contributed by atoms with Crippen LogP contribution in [0.4, 0.5) is 8.78 Å². The smallest absolute Gasteiger partial charge is 0.243 e. The quantitative estimate of drug-likeness (QED) is 0.557. The van der Waals surface area contributed by atoms with Crippen molar-refractivity contribution in [1.29, 1.82) is 0 Å². The van der Waals surface area contributed by atoms with Gasteiger partial charge in [0.1, 0.15) is 17.4 Å². The lowest BCUT2D eigenvalue weighted by Crippen LogP contribution is -2.53. The van der Waals surface area contributed by atoms with Crippen molar-refractivity contribution in [2.45, 2.75) is 31.6 Å². The van der Waals surface area contributed by atoms with Crippen LogP contribution in [0, 0.1) is 17.0 Å². The van der Waals surface area contributed by atoms with Gasteiger partial charge in [0.05, 0.1) is 11.5 Å². The van der Waals surface area contributed by atoms with Crippen LogP contribution in [0.5, 0.6) is 5.75 Å². The number of carbonyl (C=O) groups excluding carboxylic acids is 1. The van der Waals surface area contributed by atoms with E-state index in [2.05, 4.69) is 0 Å². The Hall–Kier alpha value is -2.52. The van der Waals surface area contributed by atoms with Crippen molar-refractivity contribution < 1.29 is 26.7 Å². The van der Waals surface area contributed by atoms with Crippen molar-refractivity contribution in [2.75, 3.05) is 32.8 Å². The first-order valence-electron chi connectivity index (χ1n) is 10.5. The molecule has 0 aliphatic carbocycles. The molecule has 0 aromatic heterocycles. The number of sulfonamides is 1. The normalized spacial score (nSPS) is 15.6. The van der Waals surface area contributed by atoms with E-state index in [1.54, 1.807) is 17.0 Å². The van der Waals surface area contributed by atoms with Crippen LogP contribution < -0.4 is 4.74 Å². The van der Waals surface area contributed by atoms with E-state index < -0.39 is 21.3 Å². The molecule has 9 heteroatoms. The zero-order chi connectivity index (χ0) is 23.4. The van der Waals surface area contributed by atoms with Crippen molar-refractivity contribution in [3.05, 3.63) is 60.2 Å². The number of amides is 1. The van der Waals surface area contributed by atoms with Gasteiger partial charge in [-0.2, -0.15) is 4.31 Å². The van der Waals surface area contributed by atoms with Crippen molar-refractivity contribution >= 4 is 15.9 Å². The molecule has 2 aromatic rings. The number of benzene rings is 2. The Morgan fingerprint density at radius 1 is 0.938 bits per heavy atom. The first-order chi connectivity index (χ1) is 15.1. The minimum absolute atomic E-state index is 0.0295. The maximum Gasteiger partial charge on any atom is 0.243 e.